The third kappa shape index (κ3) is 1.55. The summed E-state index contributed by atoms with van der Waals surface area (Å²) in [5.74, 6) is 1.05. The number of fused-ring (bicyclic) bond motifs is 1. The monoisotopic (exact) mass is 261 g/mol. The molecule has 1 aliphatic heterocycles. The van der Waals surface area contributed by atoms with Crippen LogP contribution in [-0.2, 0) is 0 Å². The average molecular weight is 261 g/mol. The molecule has 1 aliphatic carbocycles. The molecule has 0 bridgehead atoms. The first-order valence-corrected chi connectivity index (χ1v) is 6.72. The molecule has 4 nitrogen and oxygen atoms in total. The molecule has 3 rings (SSSR count). The van der Waals surface area contributed by atoms with Crippen molar-refractivity contribution < 1.29 is 15.1 Å². The Morgan fingerprint density at radius 2 is 1.79 bits per heavy atom. The van der Waals surface area contributed by atoms with Gasteiger partial charge in [-0.1, -0.05) is 5.16 Å². The number of rotatable bonds is 0. The van der Waals surface area contributed by atoms with Gasteiger partial charge in [0.25, 0.3) is 0 Å². The topological polar surface area (TPSA) is 62.1 Å². The number of benzene rings is 1. The molecule has 4 heteroatoms. The van der Waals surface area contributed by atoms with Gasteiger partial charge in [-0.25, -0.2) is 0 Å². The zero-order chi connectivity index (χ0) is 13.8. The molecule has 1 aromatic carbocycles. The Kier molecular flexibility index (Phi) is 2.52. The first-order valence-electron chi connectivity index (χ1n) is 6.72. The van der Waals surface area contributed by atoms with Gasteiger partial charge in [0.1, 0.15) is 17.1 Å². The Bertz CT molecular complexity index is 586. The van der Waals surface area contributed by atoms with E-state index in [-0.39, 0.29) is 11.4 Å². The summed E-state index contributed by atoms with van der Waals surface area (Å²) in [6.07, 6.45) is 3.79. The van der Waals surface area contributed by atoms with Gasteiger partial charge in [-0.2, -0.15) is 0 Å². The molecule has 2 N–H and O–H groups in total. The average Bonchev–Trinajstić information content (AvgIpc) is 2.39. The van der Waals surface area contributed by atoms with Crippen LogP contribution in [-0.4, -0.2) is 21.6 Å². The van der Waals surface area contributed by atoms with E-state index in [0.29, 0.717) is 12.1 Å². The van der Waals surface area contributed by atoms with Crippen LogP contribution in [0.3, 0.4) is 0 Å². The lowest BCUT2D eigenvalue weighted by atomic mass is 9.73. The molecular weight excluding hydrogens is 242 g/mol. The highest BCUT2D eigenvalue weighted by atomic mass is 16.5. The highest BCUT2D eigenvalue weighted by Gasteiger charge is 2.46. The van der Waals surface area contributed by atoms with Gasteiger partial charge in [-0.05, 0) is 51.2 Å². The van der Waals surface area contributed by atoms with Gasteiger partial charge >= 0.3 is 0 Å². The Morgan fingerprint density at radius 1 is 1.11 bits per heavy atom. The molecule has 1 aromatic rings. The maximum Gasteiger partial charge on any atom is 0.133 e. The van der Waals surface area contributed by atoms with Crippen LogP contribution in [0.2, 0.25) is 0 Å². The molecule has 0 amide bonds. The van der Waals surface area contributed by atoms with E-state index >= 15 is 0 Å². The van der Waals surface area contributed by atoms with E-state index in [1.807, 2.05) is 20.8 Å². The molecule has 1 fully saturated rings. The van der Waals surface area contributed by atoms with Crippen molar-refractivity contribution >= 4 is 5.71 Å². The van der Waals surface area contributed by atoms with E-state index in [4.69, 9.17) is 4.74 Å². The van der Waals surface area contributed by atoms with Crippen LogP contribution < -0.4 is 4.74 Å². The van der Waals surface area contributed by atoms with E-state index in [1.54, 1.807) is 0 Å². The fourth-order valence-electron chi connectivity index (χ4n) is 3.16. The SMILES string of the molecule is Cc1c(C)c2c(c(C)c1O)/C(=N/O)CC1(CCC1)O2. The number of oxime groups is 1. The zero-order valence-corrected chi connectivity index (χ0v) is 11.6. The third-order valence-corrected chi connectivity index (χ3v) is 4.70. The maximum atomic E-state index is 10.2. The lowest BCUT2D eigenvalue weighted by Crippen LogP contribution is -2.48. The first kappa shape index (κ1) is 12.3. The quantitative estimate of drug-likeness (QED) is 0.557. The lowest BCUT2D eigenvalue weighted by Gasteiger charge is -2.46. The zero-order valence-electron chi connectivity index (χ0n) is 11.6. The minimum absolute atomic E-state index is 0.185. The molecule has 2 aliphatic rings. The largest absolute Gasteiger partial charge is 0.507 e. The van der Waals surface area contributed by atoms with Crippen molar-refractivity contribution in [1.29, 1.82) is 0 Å². The minimum atomic E-state index is -0.185. The summed E-state index contributed by atoms with van der Waals surface area (Å²) in [5.41, 5.74) is 3.72. The molecule has 1 spiro atoms. The summed E-state index contributed by atoms with van der Waals surface area (Å²) >= 11 is 0. The second-order valence-electron chi connectivity index (χ2n) is 5.79. The first-order chi connectivity index (χ1) is 8.99. The summed E-state index contributed by atoms with van der Waals surface area (Å²) in [7, 11) is 0. The molecule has 0 atom stereocenters. The van der Waals surface area contributed by atoms with Crippen LogP contribution in [0.5, 0.6) is 11.5 Å². The Hall–Kier alpha value is -1.71. The van der Waals surface area contributed by atoms with Crippen molar-refractivity contribution in [1.82, 2.24) is 0 Å². The van der Waals surface area contributed by atoms with Crippen molar-refractivity contribution in [2.24, 2.45) is 5.16 Å². The standard InChI is InChI=1S/C15H19NO3/c1-8-9(2)14-12(10(3)13(8)17)11(16-18)7-15(19-14)5-4-6-15/h17-18H,4-7H2,1-3H3/b16-11+. The van der Waals surface area contributed by atoms with Crippen LogP contribution in [0, 0.1) is 20.8 Å². The van der Waals surface area contributed by atoms with Crippen LogP contribution in [0.25, 0.3) is 0 Å². The second kappa shape index (κ2) is 3.89. The molecule has 1 heterocycles. The van der Waals surface area contributed by atoms with Gasteiger partial charge in [0, 0.05) is 17.5 Å². The molecule has 0 saturated heterocycles. The smallest absolute Gasteiger partial charge is 0.133 e. The van der Waals surface area contributed by atoms with Crippen molar-refractivity contribution in [2.45, 2.75) is 52.1 Å². The number of aromatic hydroxyl groups is 1. The normalized spacial score (nSPS) is 21.9. The van der Waals surface area contributed by atoms with Crippen molar-refractivity contribution in [3.63, 3.8) is 0 Å². The van der Waals surface area contributed by atoms with Gasteiger partial charge in [-0.3, -0.25) is 0 Å². The summed E-state index contributed by atoms with van der Waals surface area (Å²) in [5, 5.41) is 22.9. The summed E-state index contributed by atoms with van der Waals surface area (Å²) in [4.78, 5) is 0. The number of hydrogen-bond donors (Lipinski definition) is 2. The highest BCUT2D eigenvalue weighted by molar-refractivity contribution is 6.06. The summed E-state index contributed by atoms with van der Waals surface area (Å²) in [6, 6.07) is 0. The van der Waals surface area contributed by atoms with E-state index < -0.39 is 0 Å². The molecule has 0 unspecified atom stereocenters. The number of hydrogen-bond acceptors (Lipinski definition) is 4. The van der Waals surface area contributed by atoms with Crippen molar-refractivity contribution in [3.8, 4) is 11.5 Å². The van der Waals surface area contributed by atoms with E-state index in [2.05, 4.69) is 5.16 Å². The Labute approximate surface area is 112 Å². The Balaban J connectivity index is 2.25. The lowest BCUT2D eigenvalue weighted by molar-refractivity contribution is -0.00624. The summed E-state index contributed by atoms with van der Waals surface area (Å²) in [6.45, 7) is 5.67. The number of phenols is 1. The molecule has 1 saturated carbocycles. The number of nitrogens with zero attached hydrogens (tertiary/aromatic N) is 1. The van der Waals surface area contributed by atoms with Crippen LogP contribution in [0.15, 0.2) is 5.16 Å². The third-order valence-electron chi connectivity index (χ3n) is 4.70. The van der Waals surface area contributed by atoms with E-state index in [1.165, 1.54) is 0 Å². The van der Waals surface area contributed by atoms with Crippen molar-refractivity contribution in [3.05, 3.63) is 22.3 Å². The predicted octanol–water partition coefficient (Wildman–Crippen LogP) is 3.20. The van der Waals surface area contributed by atoms with Gasteiger partial charge in [0.05, 0.1) is 5.71 Å². The van der Waals surface area contributed by atoms with Crippen molar-refractivity contribution in [2.75, 3.05) is 0 Å². The molecule has 19 heavy (non-hydrogen) atoms. The van der Waals surface area contributed by atoms with E-state index in [9.17, 15) is 10.3 Å². The molecule has 0 radical (unpaired) electrons. The van der Waals surface area contributed by atoms with Gasteiger partial charge in [0.2, 0.25) is 0 Å². The molecule has 102 valence electrons. The molecule has 0 aromatic heterocycles. The highest BCUT2D eigenvalue weighted by Crippen LogP contribution is 2.49. The predicted molar refractivity (Wildman–Crippen MR) is 72.5 cm³/mol. The van der Waals surface area contributed by atoms with Gasteiger partial charge < -0.3 is 15.1 Å². The van der Waals surface area contributed by atoms with Crippen LogP contribution >= 0.6 is 0 Å². The fraction of sp³-hybridized carbons (Fsp3) is 0.533. The second-order valence-corrected chi connectivity index (χ2v) is 5.79. The van der Waals surface area contributed by atoms with Crippen LogP contribution in [0.1, 0.15) is 47.9 Å². The minimum Gasteiger partial charge on any atom is -0.507 e. The maximum absolute atomic E-state index is 10.2. The number of ether oxygens (including phenoxy) is 1. The van der Waals surface area contributed by atoms with E-state index in [0.717, 1.165) is 47.3 Å². The molecular formula is C15H19NO3. The fourth-order valence-corrected chi connectivity index (χ4v) is 3.16. The van der Waals surface area contributed by atoms with Crippen LogP contribution in [0.4, 0.5) is 0 Å². The summed E-state index contributed by atoms with van der Waals surface area (Å²) < 4.78 is 6.23. The number of phenolic OH excluding ortho intramolecular Hbond substituents is 1. The van der Waals surface area contributed by atoms with Gasteiger partial charge in [0.15, 0.2) is 0 Å². The Morgan fingerprint density at radius 3 is 2.32 bits per heavy atom. The van der Waals surface area contributed by atoms with Gasteiger partial charge in [-0.15, -0.1) is 0 Å².